The molecule has 0 radical (unpaired) electrons. The zero-order valence-corrected chi connectivity index (χ0v) is 16.6. The van der Waals surface area contributed by atoms with Gasteiger partial charge in [0, 0.05) is 12.5 Å². The van der Waals surface area contributed by atoms with Crippen molar-refractivity contribution in [3.63, 3.8) is 0 Å². The number of carbonyl (C=O) groups excluding carboxylic acids is 2. The predicted molar refractivity (Wildman–Crippen MR) is 97.9 cm³/mol. The van der Waals surface area contributed by atoms with E-state index in [0.717, 1.165) is 5.56 Å². The van der Waals surface area contributed by atoms with Crippen LogP contribution in [-0.2, 0) is 20.9 Å². The summed E-state index contributed by atoms with van der Waals surface area (Å²) in [6.07, 6.45) is 0.452. The molecule has 132 valence electrons. The molecule has 2 rings (SSSR count). The summed E-state index contributed by atoms with van der Waals surface area (Å²) in [5.41, 5.74) is 0.976. The van der Waals surface area contributed by atoms with Crippen LogP contribution >= 0.6 is 0 Å². The number of esters is 1. The van der Waals surface area contributed by atoms with Crippen LogP contribution in [0.15, 0.2) is 30.3 Å². The molecule has 0 aliphatic carbocycles. The first kappa shape index (κ1) is 18.7. The van der Waals surface area contributed by atoms with E-state index in [4.69, 9.17) is 4.74 Å². The number of hydrogen-bond acceptors (Lipinski definition) is 3. The molecule has 0 N–H and O–H groups in total. The SMILES string of the molecule is C[C@@H](C(=O)OCc1ccccc1)[C@@H]1CC(=O)N1[Si](C)(C)C(C)(C)C. The van der Waals surface area contributed by atoms with Crippen LogP contribution in [0.2, 0.25) is 18.1 Å². The van der Waals surface area contributed by atoms with E-state index >= 15 is 0 Å². The Morgan fingerprint density at radius 3 is 2.38 bits per heavy atom. The van der Waals surface area contributed by atoms with Gasteiger partial charge in [0.2, 0.25) is 5.91 Å². The van der Waals surface area contributed by atoms with Crippen molar-refractivity contribution in [2.75, 3.05) is 0 Å². The van der Waals surface area contributed by atoms with E-state index in [9.17, 15) is 9.59 Å². The number of rotatable bonds is 5. The fourth-order valence-electron chi connectivity index (χ4n) is 2.95. The Morgan fingerprint density at radius 2 is 1.88 bits per heavy atom. The Balaban J connectivity index is 2.02. The first-order chi connectivity index (χ1) is 11.1. The van der Waals surface area contributed by atoms with Crippen LogP contribution in [0.1, 0.15) is 39.7 Å². The van der Waals surface area contributed by atoms with Gasteiger partial charge in [-0.3, -0.25) is 9.59 Å². The summed E-state index contributed by atoms with van der Waals surface area (Å²) in [5, 5.41) is 0.0645. The highest BCUT2D eigenvalue weighted by molar-refractivity contribution is 6.80. The van der Waals surface area contributed by atoms with Gasteiger partial charge in [0.05, 0.1) is 5.92 Å². The van der Waals surface area contributed by atoms with Gasteiger partial charge in [0.1, 0.15) is 6.61 Å². The standard InChI is InChI=1S/C19H29NO3Si/c1-14(18(22)23-13-15-10-8-7-9-11-15)16-12-17(21)20(16)24(5,6)19(2,3)4/h7-11,14,16H,12-13H2,1-6H3/t14-,16+/m1/s1. The van der Waals surface area contributed by atoms with Gasteiger partial charge in [-0.1, -0.05) is 64.2 Å². The van der Waals surface area contributed by atoms with Gasteiger partial charge in [0.25, 0.3) is 0 Å². The fraction of sp³-hybridized carbons (Fsp3) is 0.579. The fourth-order valence-corrected chi connectivity index (χ4v) is 5.53. The summed E-state index contributed by atoms with van der Waals surface area (Å²) in [5.74, 6) is -0.338. The quantitative estimate of drug-likeness (QED) is 0.460. The molecule has 1 amide bonds. The van der Waals surface area contributed by atoms with E-state index < -0.39 is 8.24 Å². The monoisotopic (exact) mass is 347 g/mol. The summed E-state index contributed by atoms with van der Waals surface area (Å²) >= 11 is 0. The van der Waals surface area contributed by atoms with Crippen LogP contribution < -0.4 is 0 Å². The lowest BCUT2D eigenvalue weighted by molar-refractivity contribution is -0.156. The van der Waals surface area contributed by atoms with Crippen LogP contribution in [0, 0.1) is 5.92 Å². The van der Waals surface area contributed by atoms with Crippen LogP contribution in [0.3, 0.4) is 0 Å². The van der Waals surface area contributed by atoms with Crippen LogP contribution in [0.25, 0.3) is 0 Å². The molecule has 24 heavy (non-hydrogen) atoms. The van der Waals surface area contributed by atoms with Crippen molar-refractivity contribution < 1.29 is 14.3 Å². The zero-order chi connectivity index (χ0) is 18.1. The number of nitrogens with zero attached hydrogens (tertiary/aromatic N) is 1. The van der Waals surface area contributed by atoms with Crippen molar-refractivity contribution >= 4 is 20.1 Å². The van der Waals surface area contributed by atoms with Crippen LogP contribution in [-0.4, -0.2) is 30.7 Å². The number of amides is 1. The van der Waals surface area contributed by atoms with Gasteiger partial charge in [-0.15, -0.1) is 0 Å². The first-order valence-electron chi connectivity index (χ1n) is 8.58. The minimum Gasteiger partial charge on any atom is -0.461 e. The lowest BCUT2D eigenvalue weighted by Crippen LogP contribution is -2.70. The number of β-lactam (4-membered cyclic amide) rings is 1. The minimum absolute atomic E-state index is 0.0262. The summed E-state index contributed by atoms with van der Waals surface area (Å²) in [7, 11) is -1.97. The Bertz CT molecular complexity index is 607. The Hall–Kier alpha value is -1.62. The Labute approximate surface area is 146 Å². The number of ether oxygens (including phenoxy) is 1. The molecule has 0 spiro atoms. The molecule has 1 fully saturated rings. The lowest BCUT2D eigenvalue weighted by atomic mass is 9.92. The summed E-state index contributed by atoms with van der Waals surface area (Å²) in [4.78, 5) is 24.7. The molecule has 1 saturated heterocycles. The molecule has 1 aromatic carbocycles. The molecule has 1 aliphatic rings. The highest BCUT2D eigenvalue weighted by Gasteiger charge is 2.54. The normalized spacial score (nSPS) is 19.7. The average Bonchev–Trinajstić information content (AvgIpc) is 2.48. The van der Waals surface area contributed by atoms with Crippen molar-refractivity contribution in [2.45, 2.75) is 64.9 Å². The summed E-state index contributed by atoms with van der Waals surface area (Å²) < 4.78 is 7.48. The molecule has 4 nitrogen and oxygen atoms in total. The van der Waals surface area contributed by atoms with Gasteiger partial charge < -0.3 is 9.30 Å². The third-order valence-corrected chi connectivity index (χ3v) is 11.1. The largest absolute Gasteiger partial charge is 0.461 e. The first-order valence-corrected chi connectivity index (χ1v) is 11.5. The van der Waals surface area contributed by atoms with Gasteiger partial charge in [-0.05, 0) is 17.5 Å². The van der Waals surface area contributed by atoms with Crippen molar-refractivity contribution in [2.24, 2.45) is 5.92 Å². The second-order valence-corrected chi connectivity index (χ2v) is 13.3. The van der Waals surface area contributed by atoms with E-state index in [2.05, 4.69) is 33.9 Å². The van der Waals surface area contributed by atoms with E-state index in [1.807, 2.05) is 41.8 Å². The molecule has 1 aromatic rings. The predicted octanol–water partition coefficient (Wildman–Crippen LogP) is 3.97. The number of benzene rings is 1. The Kier molecular flexibility index (Phi) is 5.23. The molecule has 1 heterocycles. The van der Waals surface area contributed by atoms with Crippen LogP contribution in [0.5, 0.6) is 0 Å². The maximum absolute atomic E-state index is 12.4. The van der Waals surface area contributed by atoms with E-state index in [1.54, 1.807) is 0 Å². The summed E-state index contributed by atoms with van der Waals surface area (Å²) in [6.45, 7) is 13.1. The van der Waals surface area contributed by atoms with Gasteiger partial charge in [-0.2, -0.15) is 0 Å². The van der Waals surface area contributed by atoms with Crippen molar-refractivity contribution in [1.82, 2.24) is 4.57 Å². The molecule has 2 atom stereocenters. The molecule has 1 aliphatic heterocycles. The van der Waals surface area contributed by atoms with Crippen LogP contribution in [0.4, 0.5) is 0 Å². The highest BCUT2D eigenvalue weighted by atomic mass is 28.3. The molecular weight excluding hydrogens is 318 g/mol. The molecular formula is C19H29NO3Si. The Morgan fingerprint density at radius 1 is 1.29 bits per heavy atom. The number of carbonyl (C=O) groups is 2. The average molecular weight is 348 g/mol. The van der Waals surface area contributed by atoms with E-state index in [1.165, 1.54) is 0 Å². The topological polar surface area (TPSA) is 46.6 Å². The lowest BCUT2D eigenvalue weighted by Gasteiger charge is -2.56. The highest BCUT2D eigenvalue weighted by Crippen LogP contribution is 2.44. The van der Waals surface area contributed by atoms with E-state index in [-0.39, 0.29) is 35.5 Å². The maximum atomic E-state index is 12.4. The zero-order valence-electron chi connectivity index (χ0n) is 15.6. The molecule has 5 heteroatoms. The second-order valence-electron chi connectivity index (χ2n) is 8.23. The second kappa shape index (κ2) is 6.71. The minimum atomic E-state index is -1.97. The van der Waals surface area contributed by atoms with Crippen molar-refractivity contribution in [1.29, 1.82) is 0 Å². The number of hydrogen-bond donors (Lipinski definition) is 0. The molecule has 0 bridgehead atoms. The maximum Gasteiger partial charge on any atom is 0.311 e. The van der Waals surface area contributed by atoms with Crippen molar-refractivity contribution in [3.8, 4) is 0 Å². The molecule has 0 unspecified atom stereocenters. The molecule has 0 aromatic heterocycles. The van der Waals surface area contributed by atoms with E-state index in [0.29, 0.717) is 6.42 Å². The van der Waals surface area contributed by atoms with Crippen molar-refractivity contribution in [3.05, 3.63) is 35.9 Å². The third-order valence-electron chi connectivity index (χ3n) is 5.59. The summed E-state index contributed by atoms with van der Waals surface area (Å²) in [6, 6.07) is 9.64. The van der Waals surface area contributed by atoms with Gasteiger partial charge >= 0.3 is 5.97 Å². The van der Waals surface area contributed by atoms with Gasteiger partial charge in [0.15, 0.2) is 8.24 Å². The molecule has 0 saturated carbocycles. The van der Waals surface area contributed by atoms with Gasteiger partial charge in [-0.25, -0.2) is 0 Å². The smallest absolute Gasteiger partial charge is 0.311 e. The third kappa shape index (κ3) is 3.56.